The minimum atomic E-state index is -0.736. The Kier molecular flexibility index (Phi) is 11.3. The van der Waals surface area contributed by atoms with Crippen molar-refractivity contribution in [3.8, 4) is 6.07 Å². The molecule has 4 N–H and O–H groups in total. The second-order valence-electron chi connectivity index (χ2n) is 9.83. The van der Waals surface area contributed by atoms with E-state index in [0.29, 0.717) is 60.0 Å². The molecule has 1 aliphatic heterocycles. The highest BCUT2D eigenvalue weighted by Crippen LogP contribution is 2.43. The van der Waals surface area contributed by atoms with Gasteiger partial charge < -0.3 is 25.8 Å². The topological polar surface area (TPSA) is 149 Å². The van der Waals surface area contributed by atoms with Crippen LogP contribution in [0.2, 0.25) is 0 Å². The van der Waals surface area contributed by atoms with Crippen molar-refractivity contribution in [2.75, 3.05) is 31.2 Å². The Balaban J connectivity index is 1.75. The first kappa shape index (κ1) is 30.9. The van der Waals surface area contributed by atoms with Crippen LogP contribution in [-0.2, 0) is 25.5 Å². The fourth-order valence-corrected chi connectivity index (χ4v) is 5.52. The van der Waals surface area contributed by atoms with Crippen molar-refractivity contribution >= 4 is 35.1 Å². The number of carbonyl (C=O) groups excluding carboxylic acids is 2. The van der Waals surface area contributed by atoms with Gasteiger partial charge in [-0.15, -0.1) is 0 Å². The Hall–Kier alpha value is -3.64. The lowest BCUT2D eigenvalue weighted by molar-refractivity contribution is -0.148. The number of nitrogens with zero attached hydrogens (tertiary/aromatic N) is 4. The van der Waals surface area contributed by atoms with Gasteiger partial charge in [0.05, 0.1) is 24.8 Å². The predicted octanol–water partition coefficient (Wildman–Crippen LogP) is 3.90. The van der Waals surface area contributed by atoms with Crippen LogP contribution in [-0.4, -0.2) is 55.3 Å². The molecule has 40 heavy (non-hydrogen) atoms. The Labute approximate surface area is 239 Å². The number of pyridine rings is 1. The third kappa shape index (κ3) is 7.51. The lowest BCUT2D eigenvalue weighted by Crippen LogP contribution is -2.39. The van der Waals surface area contributed by atoms with Crippen molar-refractivity contribution in [3.05, 3.63) is 58.4 Å². The van der Waals surface area contributed by atoms with Crippen LogP contribution in [0.4, 0.5) is 11.5 Å². The number of rotatable bonds is 12. The van der Waals surface area contributed by atoms with E-state index in [-0.39, 0.29) is 25.2 Å². The minimum Gasteiger partial charge on any atom is -0.462 e. The maximum atomic E-state index is 12.4. The Morgan fingerprint density at radius 1 is 1.25 bits per heavy atom. The zero-order valence-electron chi connectivity index (χ0n) is 23.1. The average Bonchev–Trinajstić information content (AvgIpc) is 2.97. The number of amides is 1. The van der Waals surface area contributed by atoms with Crippen LogP contribution >= 0.6 is 11.8 Å². The first-order valence-electron chi connectivity index (χ1n) is 13.4. The molecule has 2 aromatic rings. The van der Waals surface area contributed by atoms with Crippen LogP contribution in [0.25, 0.3) is 4.85 Å². The Morgan fingerprint density at radius 2 is 1.93 bits per heavy atom. The van der Waals surface area contributed by atoms with Crippen molar-refractivity contribution in [2.45, 2.75) is 62.5 Å². The molecule has 0 bridgehead atoms. The third-order valence-corrected chi connectivity index (χ3v) is 8.06. The molecule has 212 valence electrons. The summed E-state index contributed by atoms with van der Waals surface area (Å²) in [6.45, 7) is 15.1. The quantitative estimate of drug-likeness (QED) is 0.169. The highest BCUT2D eigenvalue weighted by atomic mass is 32.2. The standard InChI is InChI=1S/C29H36N6O4S/c1-5-21-22(17-30)28(40-25(26(32)36)19-9-7-6-8-10-19)34-27(24(21)33-4)35-13-11-20(12-14-35)38-15-16-39-29(37)23(31)18(2)3/h6-10,18,20,23,25H,5,11-16,31H2,1-3H3,(H2,32,36)/t23-,25?/m0/s1. The first-order valence-corrected chi connectivity index (χ1v) is 14.2. The fourth-order valence-electron chi connectivity index (χ4n) is 4.46. The number of piperidine rings is 1. The van der Waals surface area contributed by atoms with E-state index in [4.69, 9.17) is 32.5 Å². The summed E-state index contributed by atoms with van der Waals surface area (Å²) in [5.41, 5.74) is 13.5. The molecule has 0 radical (unpaired) electrons. The summed E-state index contributed by atoms with van der Waals surface area (Å²) >= 11 is 1.14. The summed E-state index contributed by atoms with van der Waals surface area (Å²) in [6.07, 6.45) is 1.82. The summed E-state index contributed by atoms with van der Waals surface area (Å²) in [5, 5.41) is 9.66. The van der Waals surface area contributed by atoms with Crippen molar-refractivity contribution < 1.29 is 19.1 Å². The second-order valence-corrected chi connectivity index (χ2v) is 10.9. The van der Waals surface area contributed by atoms with Gasteiger partial charge >= 0.3 is 5.97 Å². The molecule has 1 saturated heterocycles. The highest BCUT2D eigenvalue weighted by molar-refractivity contribution is 8.00. The van der Waals surface area contributed by atoms with E-state index in [9.17, 15) is 14.9 Å². The summed E-state index contributed by atoms with van der Waals surface area (Å²) < 4.78 is 11.1. The Bertz CT molecular complexity index is 1270. The van der Waals surface area contributed by atoms with Crippen LogP contribution in [0.1, 0.15) is 55.6 Å². The van der Waals surface area contributed by atoms with Crippen LogP contribution in [0, 0.1) is 23.8 Å². The normalized spacial score (nSPS) is 15.2. The molecule has 2 atom stereocenters. The molecule has 0 aliphatic carbocycles. The third-order valence-electron chi connectivity index (χ3n) is 6.80. The van der Waals surface area contributed by atoms with Gasteiger partial charge in [0.15, 0.2) is 0 Å². The minimum absolute atomic E-state index is 0.00101. The maximum absolute atomic E-state index is 12.4. The van der Waals surface area contributed by atoms with Crippen LogP contribution in [0.5, 0.6) is 0 Å². The zero-order chi connectivity index (χ0) is 29.2. The van der Waals surface area contributed by atoms with E-state index in [1.165, 1.54) is 0 Å². The molecule has 2 heterocycles. The summed E-state index contributed by atoms with van der Waals surface area (Å²) in [7, 11) is 0. The number of carbonyl (C=O) groups is 2. The molecule has 1 amide bonds. The van der Waals surface area contributed by atoms with Crippen molar-refractivity contribution in [1.29, 1.82) is 5.26 Å². The number of thioether (sulfide) groups is 1. The molecule has 1 unspecified atom stereocenters. The van der Waals surface area contributed by atoms with E-state index in [1.807, 2.05) is 56.0 Å². The predicted molar refractivity (Wildman–Crippen MR) is 154 cm³/mol. The zero-order valence-corrected chi connectivity index (χ0v) is 23.9. The van der Waals surface area contributed by atoms with Gasteiger partial charge in [0.25, 0.3) is 0 Å². The largest absolute Gasteiger partial charge is 0.462 e. The van der Waals surface area contributed by atoms with Crippen molar-refractivity contribution in [1.82, 2.24) is 4.98 Å². The molecule has 1 aromatic heterocycles. The molecule has 1 aromatic carbocycles. The molecular formula is C29H36N6O4S. The SMILES string of the molecule is [C-]#[N+]c1c(N2CCC(OCCOC(=O)[C@@H](N)C(C)C)CC2)nc(SC(C(N)=O)c2ccccc2)c(C#N)c1CC. The number of hydrogen-bond donors (Lipinski definition) is 2. The summed E-state index contributed by atoms with van der Waals surface area (Å²) in [4.78, 5) is 34.9. The highest BCUT2D eigenvalue weighted by Gasteiger charge is 2.29. The lowest BCUT2D eigenvalue weighted by Gasteiger charge is -2.34. The maximum Gasteiger partial charge on any atom is 0.323 e. The number of nitrogens with two attached hydrogens (primary N) is 2. The van der Waals surface area contributed by atoms with Gasteiger partial charge in [0, 0.05) is 13.1 Å². The van der Waals surface area contributed by atoms with Gasteiger partial charge in [0.1, 0.15) is 34.8 Å². The fraction of sp³-hybridized carbons (Fsp3) is 0.483. The number of nitriles is 1. The summed E-state index contributed by atoms with van der Waals surface area (Å²) in [5.74, 6) is -0.468. The van der Waals surface area contributed by atoms with Gasteiger partial charge in [-0.1, -0.05) is 62.9 Å². The smallest absolute Gasteiger partial charge is 0.323 e. The number of benzene rings is 1. The number of aromatic nitrogens is 1. The van der Waals surface area contributed by atoms with Gasteiger partial charge in [-0.2, -0.15) is 5.26 Å². The van der Waals surface area contributed by atoms with E-state index in [1.54, 1.807) is 0 Å². The van der Waals surface area contributed by atoms with E-state index in [0.717, 1.165) is 17.3 Å². The molecule has 1 aliphatic rings. The number of anilines is 1. The monoisotopic (exact) mass is 564 g/mol. The lowest BCUT2D eigenvalue weighted by atomic mass is 10.0. The van der Waals surface area contributed by atoms with Crippen molar-refractivity contribution in [2.24, 2.45) is 17.4 Å². The number of hydrogen-bond acceptors (Lipinski definition) is 9. The van der Waals surface area contributed by atoms with Crippen LogP contribution in [0.15, 0.2) is 35.4 Å². The van der Waals surface area contributed by atoms with Crippen molar-refractivity contribution in [3.63, 3.8) is 0 Å². The molecular weight excluding hydrogens is 528 g/mol. The van der Waals surface area contributed by atoms with Crippen LogP contribution < -0.4 is 16.4 Å². The number of esters is 1. The average molecular weight is 565 g/mol. The molecule has 1 fully saturated rings. The molecule has 0 spiro atoms. The van der Waals surface area contributed by atoms with E-state index < -0.39 is 23.2 Å². The van der Waals surface area contributed by atoms with Gasteiger partial charge in [-0.05, 0) is 36.3 Å². The number of primary amides is 1. The second kappa shape index (κ2) is 14.7. The molecule has 10 nitrogen and oxygen atoms in total. The molecule has 0 saturated carbocycles. The van der Waals surface area contributed by atoms with Gasteiger partial charge in [0.2, 0.25) is 11.6 Å². The van der Waals surface area contributed by atoms with Gasteiger partial charge in [-0.3, -0.25) is 9.59 Å². The number of ether oxygens (including phenoxy) is 2. The van der Waals surface area contributed by atoms with Crippen LogP contribution in [0.3, 0.4) is 0 Å². The van der Waals surface area contributed by atoms with Gasteiger partial charge in [-0.25, -0.2) is 9.83 Å². The molecule has 11 heteroatoms. The van der Waals surface area contributed by atoms with E-state index in [2.05, 4.69) is 10.9 Å². The Morgan fingerprint density at radius 3 is 2.48 bits per heavy atom. The molecule has 3 rings (SSSR count). The summed E-state index contributed by atoms with van der Waals surface area (Å²) in [6, 6.07) is 10.7. The first-order chi connectivity index (χ1) is 19.2. The van der Waals surface area contributed by atoms with E-state index >= 15 is 0 Å².